The molecule has 1 amide bonds. The van der Waals surface area contributed by atoms with Crippen LogP contribution in [0.5, 0.6) is 0 Å². The van der Waals surface area contributed by atoms with Gasteiger partial charge >= 0.3 is 6.09 Å². The summed E-state index contributed by atoms with van der Waals surface area (Å²) in [4.78, 5) is 19.4. The van der Waals surface area contributed by atoms with Gasteiger partial charge in [0, 0.05) is 16.5 Å². The van der Waals surface area contributed by atoms with Crippen molar-refractivity contribution in [1.82, 2.24) is 14.5 Å². The van der Waals surface area contributed by atoms with E-state index in [2.05, 4.69) is 21.4 Å². The zero-order valence-corrected chi connectivity index (χ0v) is 14.3. The molecule has 0 radical (unpaired) electrons. The molecule has 0 bridgehead atoms. The summed E-state index contributed by atoms with van der Waals surface area (Å²) in [6, 6.07) is 10.6. The van der Waals surface area contributed by atoms with Gasteiger partial charge in [-0.2, -0.15) is 5.26 Å². The van der Waals surface area contributed by atoms with Crippen molar-refractivity contribution in [3.05, 3.63) is 52.5 Å². The van der Waals surface area contributed by atoms with Gasteiger partial charge in [0.1, 0.15) is 35.7 Å². The van der Waals surface area contributed by atoms with Gasteiger partial charge in [-0.05, 0) is 18.2 Å². The van der Waals surface area contributed by atoms with Crippen LogP contribution in [0.25, 0.3) is 10.9 Å². The Morgan fingerprint density at radius 3 is 2.92 bits per heavy atom. The molecular formula is C16H11Cl2N5O2. The Morgan fingerprint density at radius 2 is 2.16 bits per heavy atom. The van der Waals surface area contributed by atoms with E-state index in [-0.39, 0.29) is 17.6 Å². The average Bonchev–Trinajstić information content (AvgIpc) is 2.94. The highest BCUT2D eigenvalue weighted by Crippen LogP contribution is 2.26. The number of nitrogens with zero attached hydrogens (tertiary/aromatic N) is 4. The standard InChI is InChI=1S/C16H11Cl2N5O2/c17-12-2-1-3-13-11(12)6-10(8-19)23(13)4-5-25-16(24)22-15-7-14(18)20-9-21-15/h1-3,6-7,9H,4-5H2,(H,20,21,22,24). The number of rotatable bonds is 4. The topological polar surface area (TPSA) is 92.8 Å². The molecule has 3 rings (SSSR count). The van der Waals surface area contributed by atoms with Gasteiger partial charge in [0.15, 0.2) is 0 Å². The second-order valence-corrected chi connectivity index (χ2v) is 5.75. The number of fused-ring (bicyclic) bond motifs is 1. The first kappa shape index (κ1) is 17.0. The molecule has 3 aromatic rings. The molecule has 1 N–H and O–H groups in total. The lowest BCUT2D eigenvalue weighted by molar-refractivity contribution is 0.157. The zero-order chi connectivity index (χ0) is 17.8. The molecule has 0 saturated carbocycles. The van der Waals surface area contributed by atoms with Gasteiger partial charge in [0.25, 0.3) is 0 Å². The van der Waals surface area contributed by atoms with Gasteiger partial charge in [0.05, 0.1) is 12.1 Å². The van der Waals surface area contributed by atoms with Crippen LogP contribution >= 0.6 is 23.2 Å². The number of aromatic nitrogens is 3. The molecular weight excluding hydrogens is 365 g/mol. The molecule has 7 nitrogen and oxygen atoms in total. The largest absolute Gasteiger partial charge is 0.447 e. The van der Waals surface area contributed by atoms with E-state index in [9.17, 15) is 10.1 Å². The van der Waals surface area contributed by atoms with Gasteiger partial charge < -0.3 is 9.30 Å². The molecule has 2 aromatic heterocycles. The Labute approximate surface area is 152 Å². The lowest BCUT2D eigenvalue weighted by atomic mass is 10.2. The van der Waals surface area contributed by atoms with Crippen LogP contribution in [-0.4, -0.2) is 27.2 Å². The molecule has 25 heavy (non-hydrogen) atoms. The lowest BCUT2D eigenvalue weighted by Gasteiger charge is -2.09. The molecule has 0 unspecified atom stereocenters. The fourth-order valence-corrected chi connectivity index (χ4v) is 2.73. The molecule has 126 valence electrons. The van der Waals surface area contributed by atoms with Crippen LogP contribution in [0.2, 0.25) is 10.2 Å². The Bertz CT molecular complexity index is 980. The van der Waals surface area contributed by atoms with Gasteiger partial charge in [-0.3, -0.25) is 5.32 Å². The number of benzene rings is 1. The first-order valence-electron chi connectivity index (χ1n) is 7.17. The summed E-state index contributed by atoms with van der Waals surface area (Å²) >= 11 is 11.9. The molecule has 9 heteroatoms. The monoisotopic (exact) mass is 375 g/mol. The second kappa shape index (κ2) is 7.38. The number of nitrogens with one attached hydrogen (secondary N) is 1. The van der Waals surface area contributed by atoms with E-state index in [1.54, 1.807) is 22.8 Å². The van der Waals surface area contributed by atoms with Crippen molar-refractivity contribution in [3.8, 4) is 6.07 Å². The number of hydrogen-bond donors (Lipinski definition) is 1. The quantitative estimate of drug-likeness (QED) is 0.698. The first-order valence-corrected chi connectivity index (χ1v) is 7.93. The van der Waals surface area contributed by atoms with Crippen LogP contribution in [-0.2, 0) is 11.3 Å². The van der Waals surface area contributed by atoms with Gasteiger partial charge in [-0.25, -0.2) is 14.8 Å². The Balaban J connectivity index is 1.66. The Morgan fingerprint density at radius 1 is 1.32 bits per heavy atom. The van der Waals surface area contributed by atoms with E-state index in [1.165, 1.54) is 12.4 Å². The van der Waals surface area contributed by atoms with E-state index in [0.717, 1.165) is 10.9 Å². The highest BCUT2D eigenvalue weighted by molar-refractivity contribution is 6.35. The van der Waals surface area contributed by atoms with Crippen molar-refractivity contribution >= 4 is 46.0 Å². The van der Waals surface area contributed by atoms with Crippen LogP contribution in [0.15, 0.2) is 36.7 Å². The Hall–Kier alpha value is -2.82. The maximum absolute atomic E-state index is 11.8. The predicted octanol–water partition coefficient (Wildman–Crippen LogP) is 3.86. The highest BCUT2D eigenvalue weighted by atomic mass is 35.5. The molecule has 1 aromatic carbocycles. The fourth-order valence-electron chi connectivity index (χ4n) is 2.35. The predicted molar refractivity (Wildman–Crippen MR) is 93.7 cm³/mol. The highest BCUT2D eigenvalue weighted by Gasteiger charge is 2.11. The van der Waals surface area contributed by atoms with Crippen molar-refractivity contribution in [2.45, 2.75) is 6.54 Å². The average molecular weight is 376 g/mol. The number of nitriles is 1. The van der Waals surface area contributed by atoms with Gasteiger partial charge in [0.2, 0.25) is 0 Å². The summed E-state index contributed by atoms with van der Waals surface area (Å²) in [7, 11) is 0. The zero-order valence-electron chi connectivity index (χ0n) is 12.7. The fraction of sp³-hybridized carbons (Fsp3) is 0.125. The summed E-state index contributed by atoms with van der Waals surface area (Å²) in [5.41, 5.74) is 1.24. The number of carbonyl (C=O) groups is 1. The molecule has 0 aliphatic heterocycles. The lowest BCUT2D eigenvalue weighted by Crippen LogP contribution is -2.18. The molecule has 0 aliphatic carbocycles. The smallest absolute Gasteiger partial charge is 0.412 e. The van der Waals surface area contributed by atoms with Crippen molar-refractivity contribution < 1.29 is 9.53 Å². The number of amides is 1. The minimum Gasteiger partial charge on any atom is -0.447 e. The summed E-state index contributed by atoms with van der Waals surface area (Å²) in [5.74, 6) is 0.237. The van der Waals surface area contributed by atoms with E-state index in [4.69, 9.17) is 27.9 Å². The number of halogens is 2. The van der Waals surface area contributed by atoms with Gasteiger partial charge in [-0.15, -0.1) is 0 Å². The first-order chi connectivity index (χ1) is 12.1. The van der Waals surface area contributed by atoms with Crippen LogP contribution in [0.3, 0.4) is 0 Å². The minimum absolute atomic E-state index is 0.0651. The van der Waals surface area contributed by atoms with Crippen molar-refractivity contribution in [1.29, 1.82) is 5.26 Å². The van der Waals surface area contributed by atoms with E-state index < -0.39 is 6.09 Å². The van der Waals surface area contributed by atoms with Crippen LogP contribution < -0.4 is 5.32 Å². The van der Waals surface area contributed by atoms with Crippen LogP contribution in [0.4, 0.5) is 10.6 Å². The van der Waals surface area contributed by atoms with Crippen molar-refractivity contribution in [2.24, 2.45) is 0 Å². The van der Waals surface area contributed by atoms with Crippen molar-refractivity contribution in [2.75, 3.05) is 11.9 Å². The SMILES string of the molecule is N#Cc1cc2c(Cl)cccc2n1CCOC(=O)Nc1cc(Cl)ncn1. The third kappa shape index (κ3) is 3.82. The summed E-state index contributed by atoms with van der Waals surface area (Å²) in [5, 5.41) is 13.3. The number of hydrogen-bond acceptors (Lipinski definition) is 5. The number of ether oxygens (including phenoxy) is 1. The summed E-state index contributed by atoms with van der Waals surface area (Å²) in [6.45, 7) is 0.375. The van der Waals surface area contributed by atoms with Crippen molar-refractivity contribution in [3.63, 3.8) is 0 Å². The number of carbonyl (C=O) groups excluding carboxylic acids is 1. The maximum atomic E-state index is 11.8. The molecule has 0 aliphatic rings. The van der Waals surface area contributed by atoms with E-state index >= 15 is 0 Å². The molecule has 2 heterocycles. The molecule has 0 spiro atoms. The van der Waals surface area contributed by atoms with E-state index in [0.29, 0.717) is 17.3 Å². The Kier molecular flexibility index (Phi) is 5.03. The van der Waals surface area contributed by atoms with E-state index in [1.807, 2.05) is 6.07 Å². The second-order valence-electron chi connectivity index (χ2n) is 4.95. The maximum Gasteiger partial charge on any atom is 0.412 e. The molecule has 0 atom stereocenters. The third-order valence-electron chi connectivity index (χ3n) is 3.42. The summed E-state index contributed by atoms with van der Waals surface area (Å²) in [6.07, 6.45) is 0.551. The minimum atomic E-state index is -0.678. The normalized spacial score (nSPS) is 10.4. The number of anilines is 1. The molecule has 0 fully saturated rings. The van der Waals surface area contributed by atoms with Crippen LogP contribution in [0, 0.1) is 11.3 Å². The van der Waals surface area contributed by atoms with Gasteiger partial charge in [-0.1, -0.05) is 29.3 Å². The molecule has 0 saturated heterocycles. The summed E-state index contributed by atoms with van der Waals surface area (Å²) < 4.78 is 6.87. The van der Waals surface area contributed by atoms with Crippen LogP contribution in [0.1, 0.15) is 5.69 Å². The third-order valence-corrected chi connectivity index (χ3v) is 3.96.